The molecule has 3 rings (SSSR count). The van der Waals surface area contributed by atoms with Crippen molar-refractivity contribution in [2.45, 2.75) is 44.4 Å². The number of carbonyl (C=O) groups excluding carboxylic acids is 2. The van der Waals surface area contributed by atoms with E-state index in [0.717, 1.165) is 18.7 Å². The Bertz CT molecular complexity index is 982. The molecule has 1 atom stereocenters. The molecule has 0 radical (unpaired) electrons. The Labute approximate surface area is 221 Å². The zero-order valence-corrected chi connectivity index (χ0v) is 20.4. The van der Waals surface area contributed by atoms with E-state index in [1.807, 2.05) is 6.07 Å². The molecular weight excluding hydrogens is 476 g/mol. The predicted molar refractivity (Wildman–Crippen MR) is 126 cm³/mol. The van der Waals surface area contributed by atoms with E-state index in [0.29, 0.717) is 35.9 Å². The molecule has 1 amide bonds. The number of nitrogens with one attached hydrogen (secondary N) is 1. The van der Waals surface area contributed by atoms with Crippen LogP contribution < -0.4 is 24.2 Å². The molecule has 1 aromatic carbocycles. The summed E-state index contributed by atoms with van der Waals surface area (Å²) in [6.45, 7) is 8.67. The first-order valence-corrected chi connectivity index (χ1v) is 11.1. The second-order valence-corrected chi connectivity index (χ2v) is 7.89. The molecule has 0 saturated carbocycles. The van der Waals surface area contributed by atoms with Gasteiger partial charge in [-0.1, -0.05) is 23.7 Å². The molecule has 1 fully saturated rings. The number of nitrogens with zero attached hydrogens (tertiary/aromatic N) is 3. The Balaban J connectivity index is 0.000000350. The first-order valence-electron chi connectivity index (χ1n) is 10.7. The first-order chi connectivity index (χ1) is 16.2. The third-order valence-corrected chi connectivity index (χ3v) is 5.55. The number of hydrogen-bond donors (Lipinski definition) is 1. The summed E-state index contributed by atoms with van der Waals surface area (Å²) in [5, 5.41) is 3.25. The van der Waals surface area contributed by atoms with Gasteiger partial charge in [0.25, 0.3) is 5.91 Å². The van der Waals surface area contributed by atoms with E-state index in [-0.39, 0.29) is 37.4 Å². The number of para-hydroxylation sites is 1. The Morgan fingerprint density at radius 3 is 2.63 bits per heavy atom. The van der Waals surface area contributed by atoms with Crippen LogP contribution in [0.4, 0.5) is 18.9 Å². The molecule has 0 bridgehead atoms. The van der Waals surface area contributed by atoms with Crippen LogP contribution in [0.3, 0.4) is 0 Å². The number of amides is 1. The number of likely N-dealkylation sites (tertiary alicyclic amines) is 1. The van der Waals surface area contributed by atoms with E-state index >= 15 is 0 Å². The van der Waals surface area contributed by atoms with Gasteiger partial charge in [0.15, 0.2) is 0 Å². The maximum atomic E-state index is 12.2. The monoisotopic (exact) mass is 502 g/mol. The van der Waals surface area contributed by atoms with E-state index in [2.05, 4.69) is 24.1 Å². The summed E-state index contributed by atoms with van der Waals surface area (Å²) in [6.07, 6.45) is 3.30. The number of benzene rings is 1. The van der Waals surface area contributed by atoms with Crippen LogP contribution in [0, 0.1) is 13.8 Å². The fraction of sp³-hybridized carbons (Fsp3) is 0.375. The van der Waals surface area contributed by atoms with Gasteiger partial charge in [-0.15, -0.1) is 13.0 Å². The third kappa shape index (κ3) is 9.84. The second-order valence-electron chi connectivity index (χ2n) is 7.48. The van der Waals surface area contributed by atoms with Crippen molar-refractivity contribution in [3.8, 4) is 0 Å². The van der Waals surface area contributed by atoms with Crippen molar-refractivity contribution < 1.29 is 41.6 Å². The summed E-state index contributed by atoms with van der Waals surface area (Å²) >= 11 is 6.00. The Morgan fingerprint density at radius 1 is 1.31 bits per heavy atom. The summed E-state index contributed by atoms with van der Waals surface area (Å²) in [4.78, 5) is 28.1. The number of allylic oxidation sites excluding steroid dienone is 1. The zero-order chi connectivity index (χ0) is 25.1. The fourth-order valence-corrected chi connectivity index (χ4v) is 3.74. The molecule has 1 aliphatic heterocycles. The van der Waals surface area contributed by atoms with Crippen molar-refractivity contribution in [1.82, 2.24) is 14.5 Å². The van der Waals surface area contributed by atoms with Crippen LogP contribution in [0.25, 0.3) is 0 Å². The third-order valence-electron chi connectivity index (χ3n) is 5.22. The smallest absolute Gasteiger partial charge is 0.419 e. The Morgan fingerprint density at radius 2 is 2.03 bits per heavy atom. The molecule has 0 aliphatic carbocycles. The molecule has 1 aromatic heterocycles. The molecule has 0 spiro atoms. The van der Waals surface area contributed by atoms with E-state index < -0.39 is 12.6 Å². The molecular formula is C24H27ClF3LiN4O2-2. The minimum atomic E-state index is -4.10. The summed E-state index contributed by atoms with van der Waals surface area (Å²) < 4.78 is 37.7. The molecule has 1 aliphatic rings. The maximum Gasteiger partial charge on any atom is 1.00 e. The van der Waals surface area contributed by atoms with Crippen LogP contribution in [0.5, 0.6) is 0 Å². The maximum absolute atomic E-state index is 12.2. The topological polar surface area (TPSA) is 67.2 Å². The molecule has 0 unspecified atom stereocenters. The molecule has 1 N–H and O–H groups in total. The van der Waals surface area contributed by atoms with E-state index in [1.165, 1.54) is 12.3 Å². The molecule has 35 heavy (non-hydrogen) atoms. The average molecular weight is 503 g/mol. The minimum Gasteiger partial charge on any atom is -0.419 e. The van der Waals surface area contributed by atoms with Crippen LogP contribution in [-0.2, 0) is 17.8 Å². The van der Waals surface area contributed by atoms with Gasteiger partial charge in [0.2, 0.25) is 0 Å². The number of rotatable bonds is 8. The van der Waals surface area contributed by atoms with Crippen molar-refractivity contribution in [2.75, 3.05) is 18.4 Å². The van der Waals surface area contributed by atoms with Gasteiger partial charge in [-0.25, -0.2) is 11.1 Å². The molecule has 186 valence electrons. The van der Waals surface area contributed by atoms with Crippen LogP contribution >= 0.6 is 11.6 Å². The SMILES string of the molecule is O=[C-]/C=C/[C@@H]1CCCN1CCC(F)(F)F.[CH2-]Cc1ncc(C(=O)Nc2ccccc2Cl)n1C[CH2-].[Li+]. The van der Waals surface area contributed by atoms with Gasteiger partial charge < -0.3 is 33.4 Å². The van der Waals surface area contributed by atoms with Crippen molar-refractivity contribution in [1.29, 1.82) is 0 Å². The number of imidazole rings is 1. The normalized spacial score (nSPS) is 15.9. The Hall–Kier alpha value is -2.05. The Kier molecular flexibility index (Phi) is 13.4. The van der Waals surface area contributed by atoms with Crippen molar-refractivity contribution in [3.63, 3.8) is 0 Å². The molecule has 6 nitrogen and oxygen atoms in total. The fourth-order valence-electron chi connectivity index (χ4n) is 3.56. The van der Waals surface area contributed by atoms with Gasteiger partial charge in [0.1, 0.15) is 5.69 Å². The van der Waals surface area contributed by atoms with Crippen molar-refractivity contribution in [2.24, 2.45) is 0 Å². The van der Waals surface area contributed by atoms with Gasteiger partial charge in [0, 0.05) is 6.54 Å². The summed E-state index contributed by atoms with van der Waals surface area (Å²) in [5.74, 6) is 0.475. The minimum absolute atomic E-state index is 0. The average Bonchev–Trinajstić information content (AvgIpc) is 3.43. The quantitative estimate of drug-likeness (QED) is 0.341. The number of carbonyl (C=O) groups is 1. The number of halogens is 4. The van der Waals surface area contributed by atoms with Gasteiger partial charge in [-0.3, -0.25) is 4.79 Å². The van der Waals surface area contributed by atoms with Crippen molar-refractivity contribution in [3.05, 3.63) is 73.0 Å². The second kappa shape index (κ2) is 15.1. The summed E-state index contributed by atoms with van der Waals surface area (Å²) in [5.41, 5.74) is 1.02. The van der Waals surface area contributed by atoms with Crippen molar-refractivity contribution >= 4 is 29.5 Å². The van der Waals surface area contributed by atoms with Gasteiger partial charge in [-0.2, -0.15) is 19.2 Å². The molecule has 1 saturated heterocycles. The van der Waals surface area contributed by atoms with E-state index in [1.54, 1.807) is 40.0 Å². The predicted octanol–water partition coefficient (Wildman–Crippen LogP) is 2.07. The number of hydrogen-bond acceptors (Lipinski definition) is 4. The van der Waals surface area contributed by atoms with E-state index in [9.17, 15) is 22.8 Å². The van der Waals surface area contributed by atoms with Crippen LogP contribution in [0.15, 0.2) is 42.6 Å². The molecule has 2 aromatic rings. The summed E-state index contributed by atoms with van der Waals surface area (Å²) in [7, 11) is 0. The zero-order valence-electron chi connectivity index (χ0n) is 19.7. The van der Waals surface area contributed by atoms with Crippen LogP contribution in [0.2, 0.25) is 5.02 Å². The number of aromatic nitrogens is 2. The first kappa shape index (κ1) is 31.0. The van der Waals surface area contributed by atoms with Crippen LogP contribution in [-0.4, -0.2) is 52.0 Å². The number of anilines is 1. The molecule has 2 heterocycles. The van der Waals surface area contributed by atoms with Crippen LogP contribution in [0.1, 0.15) is 35.6 Å². The van der Waals surface area contributed by atoms with Gasteiger partial charge in [0.05, 0.1) is 29.2 Å². The summed E-state index contributed by atoms with van der Waals surface area (Å²) in [6, 6.07) is 7.04. The standard InChI is InChI=1S/C14H14ClN3O.C10H13F3NO.Li/c1-3-13-16-9-12(18(13)4-2)14(19)17-11-8-6-5-7-10(11)15;11-10(12,13)5-7-14-6-1-3-9(14)4-2-8-15;/h5-9H,1-4H2,(H,17,19);2,4,9H,1,3,5-7H2;/q-2;-1;+1/b;4-2+;/t;9-;/m.0./s1. The molecule has 11 heteroatoms. The van der Waals surface area contributed by atoms with E-state index in [4.69, 9.17) is 11.6 Å². The number of alkyl halides is 3. The van der Waals surface area contributed by atoms with Gasteiger partial charge >= 0.3 is 25.0 Å². The van der Waals surface area contributed by atoms with Gasteiger partial charge in [-0.05, 0) is 43.8 Å². The largest absolute Gasteiger partial charge is 1.00 e.